The molecule has 17 heavy (non-hydrogen) atoms. The van der Waals surface area contributed by atoms with Gasteiger partial charge in [-0.15, -0.1) is 12.4 Å². The number of rotatable bonds is 5. The lowest BCUT2D eigenvalue weighted by atomic mass is 10.1. The quantitative estimate of drug-likeness (QED) is 0.828. The van der Waals surface area contributed by atoms with Gasteiger partial charge in [0, 0.05) is 18.3 Å². The molecule has 0 bridgehead atoms. The van der Waals surface area contributed by atoms with Crippen molar-refractivity contribution in [3.8, 4) is 0 Å². The van der Waals surface area contributed by atoms with Crippen LogP contribution in [0.15, 0.2) is 24.3 Å². The molecular weight excluding hydrogens is 246 g/mol. The molecule has 0 spiro atoms. The van der Waals surface area contributed by atoms with E-state index in [1.807, 2.05) is 32.0 Å². The Bertz CT molecular complexity index is 332. The van der Waals surface area contributed by atoms with E-state index in [0.717, 1.165) is 5.56 Å². The largest absolute Gasteiger partial charge is 0.399 e. The van der Waals surface area contributed by atoms with Gasteiger partial charge in [0.05, 0.1) is 6.54 Å². The van der Waals surface area contributed by atoms with E-state index >= 15 is 0 Å². The highest BCUT2D eigenvalue weighted by Crippen LogP contribution is 2.13. The van der Waals surface area contributed by atoms with Gasteiger partial charge in [-0.2, -0.15) is 0 Å². The normalized spacial score (nSPS) is 11.0. The number of hydrogen-bond acceptors (Lipinski definition) is 2. The van der Waals surface area contributed by atoms with Gasteiger partial charge >= 0.3 is 0 Å². The fourth-order valence-electron chi connectivity index (χ4n) is 1.56. The second-order valence-corrected chi connectivity index (χ2v) is 4.16. The predicted octanol–water partition coefficient (Wildman–Crippen LogP) is 3.17. The molecular formula is C12H19ClF2N2. The fraction of sp³-hybridized carbons (Fsp3) is 0.500. The van der Waals surface area contributed by atoms with E-state index < -0.39 is 6.43 Å². The molecule has 0 unspecified atom stereocenters. The lowest BCUT2D eigenvalue weighted by molar-refractivity contribution is 0.0690. The van der Waals surface area contributed by atoms with Crippen LogP contribution in [0, 0.1) is 0 Å². The molecule has 0 saturated heterocycles. The van der Waals surface area contributed by atoms with Crippen molar-refractivity contribution in [3.63, 3.8) is 0 Å². The first kappa shape index (κ1) is 16.1. The Labute approximate surface area is 107 Å². The maximum absolute atomic E-state index is 12.4. The summed E-state index contributed by atoms with van der Waals surface area (Å²) in [5.74, 6) is 0. The number of nitrogens with zero attached hydrogens (tertiary/aromatic N) is 1. The molecule has 0 aromatic heterocycles. The van der Waals surface area contributed by atoms with E-state index in [0.29, 0.717) is 12.2 Å². The topological polar surface area (TPSA) is 29.3 Å². The van der Waals surface area contributed by atoms with E-state index in [9.17, 15) is 8.78 Å². The van der Waals surface area contributed by atoms with Crippen molar-refractivity contribution in [1.29, 1.82) is 0 Å². The standard InChI is InChI=1S/C12H18F2N2.ClH/c1-9(2)16(8-12(13)14)7-10-4-3-5-11(15)6-10;/h3-6,9,12H,7-8,15H2,1-2H3;1H. The summed E-state index contributed by atoms with van der Waals surface area (Å²) in [6, 6.07) is 7.44. The van der Waals surface area contributed by atoms with E-state index in [-0.39, 0.29) is 25.0 Å². The third-order valence-corrected chi connectivity index (χ3v) is 2.44. The molecule has 0 fully saturated rings. The molecule has 1 aromatic carbocycles. The van der Waals surface area contributed by atoms with Gasteiger partial charge in [-0.05, 0) is 31.5 Å². The number of benzene rings is 1. The number of halogens is 3. The molecule has 98 valence electrons. The molecule has 0 atom stereocenters. The first-order chi connectivity index (χ1) is 7.49. The summed E-state index contributed by atoms with van der Waals surface area (Å²) in [5, 5.41) is 0. The predicted molar refractivity (Wildman–Crippen MR) is 69.7 cm³/mol. The van der Waals surface area contributed by atoms with Gasteiger partial charge in [0.1, 0.15) is 0 Å². The lowest BCUT2D eigenvalue weighted by Gasteiger charge is -2.26. The highest BCUT2D eigenvalue weighted by molar-refractivity contribution is 5.85. The van der Waals surface area contributed by atoms with Crippen LogP contribution in [-0.2, 0) is 6.54 Å². The van der Waals surface area contributed by atoms with Gasteiger partial charge in [-0.3, -0.25) is 4.90 Å². The maximum Gasteiger partial charge on any atom is 0.251 e. The second kappa shape index (κ2) is 7.45. The van der Waals surface area contributed by atoms with E-state index in [1.54, 1.807) is 11.0 Å². The van der Waals surface area contributed by atoms with Crippen LogP contribution in [0.2, 0.25) is 0 Å². The van der Waals surface area contributed by atoms with Crippen molar-refractivity contribution < 1.29 is 8.78 Å². The average Bonchev–Trinajstić information content (AvgIpc) is 2.15. The molecule has 0 radical (unpaired) electrons. The van der Waals surface area contributed by atoms with E-state index in [2.05, 4.69) is 0 Å². The Morgan fingerprint density at radius 2 is 1.94 bits per heavy atom. The van der Waals surface area contributed by atoms with Crippen LogP contribution in [0.25, 0.3) is 0 Å². The van der Waals surface area contributed by atoms with Crippen molar-refractivity contribution in [1.82, 2.24) is 4.90 Å². The fourth-order valence-corrected chi connectivity index (χ4v) is 1.56. The zero-order valence-electron chi connectivity index (χ0n) is 10.1. The van der Waals surface area contributed by atoms with Gasteiger partial charge < -0.3 is 5.73 Å². The zero-order chi connectivity index (χ0) is 12.1. The van der Waals surface area contributed by atoms with Gasteiger partial charge in [-0.25, -0.2) is 8.78 Å². The number of nitrogen functional groups attached to an aromatic ring is 1. The molecule has 0 aliphatic rings. The van der Waals surface area contributed by atoms with Crippen molar-refractivity contribution in [2.24, 2.45) is 0 Å². The Morgan fingerprint density at radius 3 is 2.41 bits per heavy atom. The first-order valence-electron chi connectivity index (χ1n) is 5.35. The lowest BCUT2D eigenvalue weighted by Crippen LogP contribution is -2.34. The summed E-state index contributed by atoms with van der Waals surface area (Å²) in [7, 11) is 0. The molecule has 0 heterocycles. The van der Waals surface area contributed by atoms with Crippen LogP contribution in [0.1, 0.15) is 19.4 Å². The monoisotopic (exact) mass is 264 g/mol. The van der Waals surface area contributed by atoms with Crippen LogP contribution >= 0.6 is 12.4 Å². The molecule has 5 heteroatoms. The summed E-state index contributed by atoms with van der Waals surface area (Å²) in [4.78, 5) is 1.74. The van der Waals surface area contributed by atoms with Crippen LogP contribution in [0.3, 0.4) is 0 Å². The summed E-state index contributed by atoms with van der Waals surface area (Å²) >= 11 is 0. The van der Waals surface area contributed by atoms with E-state index in [4.69, 9.17) is 5.73 Å². The van der Waals surface area contributed by atoms with Gasteiger partial charge in [0.2, 0.25) is 0 Å². The SMILES string of the molecule is CC(C)N(Cc1cccc(N)c1)CC(F)F.Cl. The molecule has 0 aliphatic carbocycles. The number of anilines is 1. The Balaban J connectivity index is 0.00000256. The number of alkyl halides is 2. The summed E-state index contributed by atoms with van der Waals surface area (Å²) in [6.45, 7) is 4.13. The minimum absolute atomic E-state index is 0. The van der Waals surface area contributed by atoms with Crippen molar-refractivity contribution in [3.05, 3.63) is 29.8 Å². The molecule has 0 amide bonds. The summed E-state index contributed by atoms with van der Waals surface area (Å²) in [6.07, 6.45) is -2.30. The highest BCUT2D eigenvalue weighted by atomic mass is 35.5. The molecule has 0 aliphatic heterocycles. The third kappa shape index (κ3) is 5.84. The van der Waals surface area contributed by atoms with Gasteiger partial charge in [-0.1, -0.05) is 12.1 Å². The van der Waals surface area contributed by atoms with Crippen LogP contribution in [0.4, 0.5) is 14.5 Å². The minimum Gasteiger partial charge on any atom is -0.399 e. The highest BCUT2D eigenvalue weighted by Gasteiger charge is 2.15. The van der Waals surface area contributed by atoms with Crippen molar-refractivity contribution in [2.45, 2.75) is 32.9 Å². The molecule has 2 N–H and O–H groups in total. The average molecular weight is 265 g/mol. The maximum atomic E-state index is 12.4. The number of hydrogen-bond donors (Lipinski definition) is 1. The summed E-state index contributed by atoms with van der Waals surface area (Å²) in [5.41, 5.74) is 7.28. The van der Waals surface area contributed by atoms with E-state index in [1.165, 1.54) is 0 Å². The van der Waals surface area contributed by atoms with Crippen LogP contribution in [0.5, 0.6) is 0 Å². The number of nitrogens with two attached hydrogens (primary N) is 1. The minimum atomic E-state index is -2.30. The summed E-state index contributed by atoms with van der Waals surface area (Å²) < 4.78 is 24.7. The van der Waals surface area contributed by atoms with Crippen molar-refractivity contribution in [2.75, 3.05) is 12.3 Å². The second-order valence-electron chi connectivity index (χ2n) is 4.16. The first-order valence-corrected chi connectivity index (χ1v) is 5.35. The van der Waals surface area contributed by atoms with Crippen molar-refractivity contribution >= 4 is 18.1 Å². The van der Waals surface area contributed by atoms with Crippen LogP contribution < -0.4 is 5.73 Å². The third-order valence-electron chi connectivity index (χ3n) is 2.44. The van der Waals surface area contributed by atoms with Crippen LogP contribution in [-0.4, -0.2) is 23.9 Å². The molecule has 1 aromatic rings. The zero-order valence-corrected chi connectivity index (χ0v) is 10.9. The molecule has 1 rings (SSSR count). The van der Waals surface area contributed by atoms with Gasteiger partial charge in [0.15, 0.2) is 0 Å². The Morgan fingerprint density at radius 1 is 1.29 bits per heavy atom. The molecule has 0 saturated carbocycles. The molecule has 2 nitrogen and oxygen atoms in total. The Kier molecular flexibility index (Phi) is 7.07. The smallest absolute Gasteiger partial charge is 0.251 e. The van der Waals surface area contributed by atoms with Gasteiger partial charge in [0.25, 0.3) is 6.43 Å². The Hall–Kier alpha value is -0.870.